The highest BCUT2D eigenvalue weighted by Gasteiger charge is 2.33. The summed E-state index contributed by atoms with van der Waals surface area (Å²) < 4.78 is 37.2. The molecule has 98 valence electrons. The molecule has 0 unspecified atom stereocenters. The number of hydrogen-bond donors (Lipinski definition) is 0. The van der Waals surface area contributed by atoms with E-state index in [2.05, 4.69) is 0 Å². The van der Waals surface area contributed by atoms with Gasteiger partial charge in [-0.25, -0.2) is 0 Å². The maximum atomic E-state index is 12.4. The van der Waals surface area contributed by atoms with Crippen LogP contribution in [0.1, 0.15) is 24.5 Å². The number of benzene rings is 1. The van der Waals surface area contributed by atoms with Crippen molar-refractivity contribution in [3.63, 3.8) is 0 Å². The largest absolute Gasteiger partial charge is 0.416 e. The van der Waals surface area contributed by atoms with E-state index >= 15 is 0 Å². The molecule has 0 aliphatic heterocycles. The smallest absolute Gasteiger partial charge is 0.299 e. The van der Waals surface area contributed by atoms with Crippen LogP contribution in [0.5, 0.6) is 0 Å². The van der Waals surface area contributed by atoms with Crippen molar-refractivity contribution in [3.8, 4) is 0 Å². The Hall–Kier alpha value is -1.92. The van der Waals surface area contributed by atoms with Gasteiger partial charge < -0.3 is 0 Å². The molecule has 0 N–H and O–H groups in total. The molecule has 4 nitrogen and oxygen atoms in total. The second-order valence-corrected chi connectivity index (χ2v) is 3.67. The minimum Gasteiger partial charge on any atom is -0.299 e. The summed E-state index contributed by atoms with van der Waals surface area (Å²) in [6, 6.07) is 2.18. The van der Waals surface area contributed by atoms with E-state index in [-0.39, 0.29) is 24.2 Å². The van der Waals surface area contributed by atoms with Crippen LogP contribution in [-0.4, -0.2) is 10.7 Å². The molecule has 1 aromatic rings. The lowest BCUT2D eigenvalue weighted by atomic mass is 10.0. The van der Waals surface area contributed by atoms with Gasteiger partial charge in [-0.15, -0.1) is 0 Å². The molecule has 0 saturated carbocycles. The van der Waals surface area contributed by atoms with Gasteiger partial charge in [0.1, 0.15) is 5.78 Å². The lowest BCUT2D eigenvalue weighted by Gasteiger charge is -2.08. The number of carbonyl (C=O) groups is 1. The minimum atomic E-state index is -4.64. The first-order valence-corrected chi connectivity index (χ1v) is 5.12. The fourth-order valence-electron chi connectivity index (χ4n) is 1.40. The van der Waals surface area contributed by atoms with E-state index in [4.69, 9.17) is 0 Å². The van der Waals surface area contributed by atoms with Crippen LogP contribution in [0.15, 0.2) is 18.2 Å². The molecule has 0 spiro atoms. The summed E-state index contributed by atoms with van der Waals surface area (Å²) in [5.74, 6) is -0.266. The van der Waals surface area contributed by atoms with Crippen LogP contribution < -0.4 is 0 Å². The number of carbonyl (C=O) groups excluding carboxylic acids is 1. The Bertz CT molecular complexity index is 483. The van der Waals surface area contributed by atoms with Crippen LogP contribution in [0.3, 0.4) is 0 Å². The van der Waals surface area contributed by atoms with Gasteiger partial charge in [0.25, 0.3) is 5.69 Å². The average molecular weight is 261 g/mol. The fraction of sp³-hybridized carbons (Fsp3) is 0.364. The fourth-order valence-corrected chi connectivity index (χ4v) is 1.40. The predicted octanol–water partition coefficient (Wildman–Crippen LogP) is 3.14. The second-order valence-electron chi connectivity index (χ2n) is 3.67. The van der Waals surface area contributed by atoms with Gasteiger partial charge in [-0.1, -0.05) is 13.0 Å². The molecule has 0 aromatic heterocycles. The maximum absolute atomic E-state index is 12.4. The van der Waals surface area contributed by atoms with Gasteiger partial charge in [0.2, 0.25) is 0 Å². The van der Waals surface area contributed by atoms with Crippen LogP contribution in [0.4, 0.5) is 18.9 Å². The summed E-state index contributed by atoms with van der Waals surface area (Å²) in [5, 5.41) is 10.7. The van der Waals surface area contributed by atoms with Crippen molar-refractivity contribution in [3.05, 3.63) is 39.4 Å². The highest BCUT2D eigenvalue weighted by molar-refractivity contribution is 5.81. The molecule has 0 bridgehead atoms. The zero-order valence-corrected chi connectivity index (χ0v) is 9.45. The molecule has 1 aromatic carbocycles. The molecule has 0 aliphatic rings. The number of nitro benzene ring substituents is 1. The Morgan fingerprint density at radius 1 is 1.39 bits per heavy atom. The van der Waals surface area contributed by atoms with Crippen LogP contribution in [0.2, 0.25) is 0 Å². The molecule has 0 saturated heterocycles. The summed E-state index contributed by atoms with van der Waals surface area (Å²) in [7, 11) is 0. The third kappa shape index (κ3) is 3.28. The zero-order valence-electron chi connectivity index (χ0n) is 9.45. The normalized spacial score (nSPS) is 11.3. The van der Waals surface area contributed by atoms with Gasteiger partial charge in [-0.3, -0.25) is 14.9 Å². The van der Waals surface area contributed by atoms with E-state index in [0.29, 0.717) is 6.07 Å². The summed E-state index contributed by atoms with van der Waals surface area (Å²) in [5.41, 5.74) is -1.77. The van der Waals surface area contributed by atoms with Gasteiger partial charge >= 0.3 is 6.18 Å². The summed E-state index contributed by atoms with van der Waals surface area (Å²) >= 11 is 0. The molecular formula is C11H10F3NO3. The number of nitrogens with zero attached hydrogens (tertiary/aromatic N) is 1. The summed E-state index contributed by atoms with van der Waals surface area (Å²) in [4.78, 5) is 21.0. The van der Waals surface area contributed by atoms with E-state index in [0.717, 1.165) is 12.1 Å². The van der Waals surface area contributed by atoms with Gasteiger partial charge in [-0.05, 0) is 6.07 Å². The Labute approximate surface area is 101 Å². The van der Waals surface area contributed by atoms with Gasteiger partial charge in [-0.2, -0.15) is 13.2 Å². The number of Topliss-reactive ketones (excluding diaryl/α,β-unsaturated/α-hetero) is 1. The third-order valence-electron chi connectivity index (χ3n) is 2.39. The highest BCUT2D eigenvalue weighted by Crippen LogP contribution is 2.33. The zero-order chi connectivity index (χ0) is 13.9. The van der Waals surface area contributed by atoms with Crippen molar-refractivity contribution in [1.29, 1.82) is 0 Å². The van der Waals surface area contributed by atoms with E-state index in [9.17, 15) is 28.1 Å². The minimum absolute atomic E-state index is 0.000139. The standard InChI is InChI=1S/C11H10F3NO3/c1-2-9(16)5-7-3-4-8(11(12,13)14)6-10(7)15(17)18/h3-4,6H,2,5H2,1H3. The van der Waals surface area contributed by atoms with E-state index < -0.39 is 22.4 Å². The Morgan fingerprint density at radius 3 is 2.44 bits per heavy atom. The maximum Gasteiger partial charge on any atom is 0.416 e. The molecule has 0 heterocycles. The molecule has 0 aliphatic carbocycles. The van der Waals surface area contributed by atoms with Gasteiger partial charge in [0, 0.05) is 24.5 Å². The quantitative estimate of drug-likeness (QED) is 0.618. The number of hydrogen-bond acceptors (Lipinski definition) is 3. The van der Waals surface area contributed by atoms with Crippen molar-refractivity contribution < 1.29 is 22.9 Å². The van der Waals surface area contributed by atoms with Crippen LogP contribution in [0.25, 0.3) is 0 Å². The van der Waals surface area contributed by atoms with Crippen molar-refractivity contribution in [2.45, 2.75) is 25.9 Å². The third-order valence-corrected chi connectivity index (χ3v) is 2.39. The monoisotopic (exact) mass is 261 g/mol. The van der Waals surface area contributed by atoms with Gasteiger partial charge in [0.15, 0.2) is 0 Å². The lowest BCUT2D eigenvalue weighted by molar-refractivity contribution is -0.385. The Kier molecular flexibility index (Phi) is 4.05. The van der Waals surface area contributed by atoms with Crippen molar-refractivity contribution in [2.75, 3.05) is 0 Å². The molecule has 18 heavy (non-hydrogen) atoms. The first kappa shape index (κ1) is 14.1. The predicted molar refractivity (Wildman–Crippen MR) is 57.1 cm³/mol. The highest BCUT2D eigenvalue weighted by atomic mass is 19.4. The van der Waals surface area contributed by atoms with Crippen LogP contribution >= 0.6 is 0 Å². The number of alkyl halides is 3. The molecule has 0 radical (unpaired) electrons. The number of nitro groups is 1. The van der Waals surface area contributed by atoms with Crippen LogP contribution in [0, 0.1) is 10.1 Å². The van der Waals surface area contributed by atoms with Crippen molar-refractivity contribution >= 4 is 11.5 Å². The topological polar surface area (TPSA) is 60.2 Å². The van der Waals surface area contributed by atoms with Crippen molar-refractivity contribution in [2.24, 2.45) is 0 Å². The average Bonchev–Trinajstić information content (AvgIpc) is 2.27. The molecule has 0 amide bonds. The lowest BCUT2D eigenvalue weighted by Crippen LogP contribution is -2.09. The number of halogens is 3. The first-order chi connectivity index (χ1) is 8.25. The first-order valence-electron chi connectivity index (χ1n) is 5.12. The molecule has 7 heteroatoms. The van der Waals surface area contributed by atoms with E-state index in [1.807, 2.05) is 0 Å². The van der Waals surface area contributed by atoms with E-state index in [1.165, 1.54) is 0 Å². The Morgan fingerprint density at radius 2 is 2.00 bits per heavy atom. The molecular weight excluding hydrogens is 251 g/mol. The Balaban J connectivity index is 3.21. The van der Waals surface area contributed by atoms with Crippen LogP contribution in [-0.2, 0) is 17.4 Å². The molecule has 0 atom stereocenters. The SMILES string of the molecule is CCC(=O)Cc1ccc(C(F)(F)F)cc1[N+](=O)[O-]. The van der Waals surface area contributed by atoms with Crippen molar-refractivity contribution in [1.82, 2.24) is 0 Å². The summed E-state index contributed by atoms with van der Waals surface area (Å²) in [6.07, 6.45) is -4.69. The molecule has 1 rings (SSSR count). The number of rotatable bonds is 4. The molecule has 0 fully saturated rings. The van der Waals surface area contributed by atoms with E-state index in [1.54, 1.807) is 6.92 Å². The van der Waals surface area contributed by atoms with Gasteiger partial charge in [0.05, 0.1) is 10.5 Å². The summed E-state index contributed by atoms with van der Waals surface area (Å²) in [6.45, 7) is 1.58. The number of ketones is 1. The second kappa shape index (κ2) is 5.16.